The summed E-state index contributed by atoms with van der Waals surface area (Å²) < 4.78 is 4.79. The second kappa shape index (κ2) is 4.95. The monoisotopic (exact) mass is 227 g/mol. The van der Waals surface area contributed by atoms with Crippen LogP contribution in [0.5, 0.6) is 0 Å². The van der Waals surface area contributed by atoms with Crippen molar-refractivity contribution in [2.75, 3.05) is 20.2 Å². The number of rotatable bonds is 3. The van der Waals surface area contributed by atoms with E-state index in [0.717, 1.165) is 25.9 Å². The average Bonchev–Trinajstić information content (AvgIpc) is 2.28. The Morgan fingerprint density at radius 3 is 2.12 bits per heavy atom. The Labute approximate surface area is 96.9 Å². The van der Waals surface area contributed by atoms with Crippen LogP contribution in [0.3, 0.4) is 0 Å². The van der Waals surface area contributed by atoms with Gasteiger partial charge < -0.3 is 4.74 Å². The van der Waals surface area contributed by atoms with E-state index < -0.39 is 5.54 Å². The van der Waals surface area contributed by atoms with Gasteiger partial charge in [0.05, 0.1) is 7.11 Å². The molecule has 1 aliphatic rings. The number of nitrogens with zero attached hydrogens (tertiary/aromatic N) is 1. The van der Waals surface area contributed by atoms with Gasteiger partial charge in [-0.25, -0.2) is 0 Å². The highest BCUT2D eigenvalue weighted by Crippen LogP contribution is 2.25. The lowest BCUT2D eigenvalue weighted by Gasteiger charge is -2.40. The van der Waals surface area contributed by atoms with Gasteiger partial charge in [-0.15, -0.1) is 0 Å². The molecule has 0 amide bonds. The molecule has 0 saturated carbocycles. The van der Waals surface area contributed by atoms with Crippen LogP contribution >= 0.6 is 0 Å². The van der Waals surface area contributed by atoms with Crippen LogP contribution in [0.1, 0.15) is 33.6 Å². The molecule has 4 heteroatoms. The molecule has 0 N–H and O–H groups in total. The Kier molecular flexibility index (Phi) is 4.08. The van der Waals surface area contributed by atoms with Gasteiger partial charge in [0.1, 0.15) is 11.3 Å². The van der Waals surface area contributed by atoms with Crippen LogP contribution in [0.4, 0.5) is 0 Å². The molecular formula is C12H21NO3. The quantitative estimate of drug-likeness (QED) is 0.681. The second-order valence-electron chi connectivity index (χ2n) is 4.92. The Morgan fingerprint density at radius 2 is 1.75 bits per heavy atom. The number of piperidine rings is 1. The van der Waals surface area contributed by atoms with Crippen LogP contribution in [-0.4, -0.2) is 42.4 Å². The normalized spacial score (nSPS) is 19.5. The zero-order valence-corrected chi connectivity index (χ0v) is 10.6. The molecule has 1 rings (SSSR count). The van der Waals surface area contributed by atoms with Crippen molar-refractivity contribution in [2.24, 2.45) is 5.92 Å². The summed E-state index contributed by atoms with van der Waals surface area (Å²) in [7, 11) is 1.41. The average molecular weight is 227 g/mol. The Hall–Kier alpha value is -0.900. The summed E-state index contributed by atoms with van der Waals surface area (Å²) in [6, 6.07) is 0. The molecule has 0 unspecified atom stereocenters. The van der Waals surface area contributed by atoms with E-state index in [1.807, 2.05) is 13.8 Å². The van der Waals surface area contributed by atoms with Crippen LogP contribution in [0.15, 0.2) is 0 Å². The summed E-state index contributed by atoms with van der Waals surface area (Å²) in [6.45, 7) is 6.95. The molecule has 1 heterocycles. The molecule has 1 saturated heterocycles. The van der Waals surface area contributed by atoms with Gasteiger partial charge in [-0.05, 0) is 46.7 Å². The van der Waals surface area contributed by atoms with E-state index in [9.17, 15) is 9.59 Å². The highest BCUT2D eigenvalue weighted by molar-refractivity contribution is 5.80. The third kappa shape index (κ3) is 2.61. The van der Waals surface area contributed by atoms with Crippen LogP contribution in [-0.2, 0) is 14.3 Å². The number of hydrogen-bond acceptors (Lipinski definition) is 4. The smallest absolute Gasteiger partial charge is 0.325 e. The molecular weight excluding hydrogens is 206 g/mol. The molecule has 0 aromatic heterocycles. The van der Waals surface area contributed by atoms with Crippen LogP contribution < -0.4 is 0 Å². The first-order valence-electron chi connectivity index (χ1n) is 5.73. The first kappa shape index (κ1) is 13.2. The third-order valence-electron chi connectivity index (χ3n) is 3.55. The molecule has 1 aliphatic heterocycles. The standard InChI is InChI=1S/C12H21NO3/c1-9(14)10-5-7-13(8-6-10)12(2,3)11(15)16-4/h10H,5-8H2,1-4H3. The van der Waals surface area contributed by atoms with Gasteiger partial charge in [0.25, 0.3) is 0 Å². The van der Waals surface area contributed by atoms with E-state index in [0.29, 0.717) is 0 Å². The van der Waals surface area contributed by atoms with Crippen molar-refractivity contribution in [3.63, 3.8) is 0 Å². The van der Waals surface area contributed by atoms with Crippen molar-refractivity contribution < 1.29 is 14.3 Å². The molecule has 16 heavy (non-hydrogen) atoms. The Morgan fingerprint density at radius 1 is 1.25 bits per heavy atom. The maximum Gasteiger partial charge on any atom is 0.325 e. The zero-order valence-electron chi connectivity index (χ0n) is 10.6. The van der Waals surface area contributed by atoms with Crippen molar-refractivity contribution in [3.05, 3.63) is 0 Å². The van der Waals surface area contributed by atoms with Gasteiger partial charge in [0, 0.05) is 5.92 Å². The van der Waals surface area contributed by atoms with Crippen molar-refractivity contribution >= 4 is 11.8 Å². The van der Waals surface area contributed by atoms with Crippen LogP contribution in [0.25, 0.3) is 0 Å². The van der Waals surface area contributed by atoms with E-state index in [-0.39, 0.29) is 17.7 Å². The van der Waals surface area contributed by atoms with Crippen molar-refractivity contribution in [1.29, 1.82) is 0 Å². The van der Waals surface area contributed by atoms with Crippen molar-refractivity contribution in [3.8, 4) is 0 Å². The summed E-state index contributed by atoms with van der Waals surface area (Å²) in [4.78, 5) is 24.9. The van der Waals surface area contributed by atoms with E-state index in [2.05, 4.69) is 4.90 Å². The summed E-state index contributed by atoms with van der Waals surface area (Å²) in [6.07, 6.45) is 1.69. The van der Waals surface area contributed by atoms with Crippen LogP contribution in [0.2, 0.25) is 0 Å². The first-order chi connectivity index (χ1) is 7.39. The fraction of sp³-hybridized carbons (Fsp3) is 0.833. The van der Waals surface area contributed by atoms with Gasteiger partial charge in [-0.2, -0.15) is 0 Å². The topological polar surface area (TPSA) is 46.6 Å². The maximum atomic E-state index is 11.6. The highest BCUT2D eigenvalue weighted by atomic mass is 16.5. The Bertz CT molecular complexity index is 278. The van der Waals surface area contributed by atoms with E-state index in [4.69, 9.17) is 4.74 Å². The summed E-state index contributed by atoms with van der Waals surface area (Å²) in [5, 5.41) is 0. The predicted molar refractivity (Wildman–Crippen MR) is 61.1 cm³/mol. The minimum absolute atomic E-state index is 0.171. The van der Waals surface area contributed by atoms with Gasteiger partial charge in [0.2, 0.25) is 0 Å². The molecule has 0 atom stereocenters. The maximum absolute atomic E-state index is 11.6. The first-order valence-corrected chi connectivity index (χ1v) is 5.73. The number of methoxy groups -OCH3 is 1. The molecule has 92 valence electrons. The lowest BCUT2D eigenvalue weighted by Crippen LogP contribution is -2.54. The van der Waals surface area contributed by atoms with Gasteiger partial charge in [-0.1, -0.05) is 0 Å². The molecule has 0 aliphatic carbocycles. The predicted octanol–water partition coefficient (Wildman–Crippen LogP) is 1.24. The van der Waals surface area contributed by atoms with Crippen molar-refractivity contribution in [2.45, 2.75) is 39.2 Å². The van der Waals surface area contributed by atoms with Crippen molar-refractivity contribution in [1.82, 2.24) is 4.90 Å². The number of carbonyl (C=O) groups excluding carboxylic acids is 2. The molecule has 0 aromatic rings. The largest absolute Gasteiger partial charge is 0.468 e. The number of esters is 1. The molecule has 1 fully saturated rings. The van der Waals surface area contributed by atoms with E-state index in [1.165, 1.54) is 7.11 Å². The van der Waals surface area contributed by atoms with Gasteiger partial charge in [-0.3, -0.25) is 14.5 Å². The summed E-state index contributed by atoms with van der Waals surface area (Å²) in [5.74, 6) is 0.217. The molecule has 0 aromatic carbocycles. The number of ether oxygens (including phenoxy) is 1. The number of Topliss-reactive ketones (excluding diaryl/α,β-unsaturated/α-hetero) is 1. The van der Waals surface area contributed by atoms with Gasteiger partial charge >= 0.3 is 5.97 Å². The molecule has 4 nitrogen and oxygen atoms in total. The zero-order chi connectivity index (χ0) is 12.3. The van der Waals surface area contributed by atoms with Crippen LogP contribution in [0, 0.1) is 5.92 Å². The number of hydrogen-bond donors (Lipinski definition) is 0. The fourth-order valence-electron chi connectivity index (χ4n) is 2.22. The minimum Gasteiger partial charge on any atom is -0.468 e. The summed E-state index contributed by atoms with van der Waals surface area (Å²) in [5.41, 5.74) is -0.587. The van der Waals surface area contributed by atoms with E-state index in [1.54, 1.807) is 6.92 Å². The SMILES string of the molecule is COC(=O)C(C)(C)N1CCC(C(C)=O)CC1. The number of ketones is 1. The lowest BCUT2D eigenvalue weighted by molar-refractivity contribution is -0.154. The highest BCUT2D eigenvalue weighted by Gasteiger charge is 2.38. The second-order valence-corrected chi connectivity index (χ2v) is 4.92. The molecule has 0 radical (unpaired) electrons. The lowest BCUT2D eigenvalue weighted by atomic mass is 9.90. The molecule has 0 spiro atoms. The third-order valence-corrected chi connectivity index (χ3v) is 3.55. The number of likely N-dealkylation sites (tertiary alicyclic amines) is 1. The summed E-state index contributed by atoms with van der Waals surface area (Å²) >= 11 is 0. The minimum atomic E-state index is -0.587. The fourth-order valence-corrected chi connectivity index (χ4v) is 2.22. The number of carbonyl (C=O) groups is 2. The van der Waals surface area contributed by atoms with E-state index >= 15 is 0 Å². The van der Waals surface area contributed by atoms with Gasteiger partial charge in [0.15, 0.2) is 0 Å². The molecule has 0 bridgehead atoms. The Balaban J connectivity index is 2.59.